The van der Waals surface area contributed by atoms with Gasteiger partial charge in [0.05, 0.1) is 15.5 Å². The standard InChI is InChI=1S/C15H17N3O4S/c1-9-3-4-10(18(21)22)7-11(9)16-14(20)12-8-23-15(2)6-5-13(19)17(12)15/h3-4,7,12H,5-6,8H2,1-2H3,(H,16,20). The number of fused-ring (bicyclic) bond motifs is 1. The Kier molecular flexibility index (Phi) is 3.79. The van der Waals surface area contributed by atoms with Crippen molar-refractivity contribution in [3.8, 4) is 0 Å². The lowest BCUT2D eigenvalue weighted by Gasteiger charge is -2.29. The van der Waals surface area contributed by atoms with Gasteiger partial charge in [0, 0.05) is 24.3 Å². The summed E-state index contributed by atoms with van der Waals surface area (Å²) in [6, 6.07) is 3.82. The number of benzene rings is 1. The first-order valence-corrected chi connectivity index (χ1v) is 8.32. The number of thioether (sulfide) groups is 1. The van der Waals surface area contributed by atoms with Crippen molar-refractivity contribution in [3.63, 3.8) is 0 Å². The van der Waals surface area contributed by atoms with E-state index in [2.05, 4.69) is 5.32 Å². The SMILES string of the molecule is Cc1ccc([N+](=O)[O-])cc1NC(=O)C1CSC2(C)CCC(=O)N12. The van der Waals surface area contributed by atoms with Crippen molar-refractivity contribution >= 4 is 35.0 Å². The van der Waals surface area contributed by atoms with E-state index in [-0.39, 0.29) is 22.4 Å². The van der Waals surface area contributed by atoms with Crippen molar-refractivity contribution in [1.82, 2.24) is 4.90 Å². The smallest absolute Gasteiger partial charge is 0.271 e. The fourth-order valence-electron chi connectivity index (χ4n) is 3.09. The summed E-state index contributed by atoms with van der Waals surface area (Å²) in [4.78, 5) is 36.4. The molecule has 0 bridgehead atoms. The van der Waals surface area contributed by atoms with Crippen LogP contribution in [0.4, 0.5) is 11.4 Å². The molecule has 2 saturated heterocycles. The van der Waals surface area contributed by atoms with Crippen molar-refractivity contribution < 1.29 is 14.5 Å². The molecule has 23 heavy (non-hydrogen) atoms. The number of hydrogen-bond donors (Lipinski definition) is 1. The third-order valence-corrected chi connectivity index (χ3v) is 5.94. The summed E-state index contributed by atoms with van der Waals surface area (Å²) in [7, 11) is 0. The summed E-state index contributed by atoms with van der Waals surface area (Å²) >= 11 is 1.61. The molecule has 2 amide bonds. The quantitative estimate of drug-likeness (QED) is 0.676. The molecular formula is C15H17N3O4S. The second-order valence-electron chi connectivity index (χ2n) is 6.01. The predicted octanol–water partition coefficient (Wildman–Crippen LogP) is 2.30. The average Bonchev–Trinajstić information content (AvgIpc) is 2.98. The van der Waals surface area contributed by atoms with Crippen LogP contribution in [0, 0.1) is 17.0 Å². The molecule has 7 nitrogen and oxygen atoms in total. The van der Waals surface area contributed by atoms with Crippen LogP contribution in [-0.2, 0) is 9.59 Å². The number of nitro benzene ring substituents is 1. The Morgan fingerprint density at radius 3 is 2.96 bits per heavy atom. The highest BCUT2D eigenvalue weighted by atomic mass is 32.2. The minimum atomic E-state index is -0.529. The summed E-state index contributed by atoms with van der Waals surface area (Å²) in [6.45, 7) is 3.75. The van der Waals surface area contributed by atoms with Gasteiger partial charge in [-0.15, -0.1) is 11.8 Å². The first-order valence-electron chi connectivity index (χ1n) is 7.34. The number of hydrogen-bond acceptors (Lipinski definition) is 5. The Balaban J connectivity index is 1.81. The number of nitro groups is 1. The largest absolute Gasteiger partial charge is 0.324 e. The molecule has 0 radical (unpaired) electrons. The molecule has 3 rings (SSSR count). The van der Waals surface area contributed by atoms with Crippen molar-refractivity contribution in [2.45, 2.75) is 37.6 Å². The number of nitrogens with one attached hydrogen (secondary N) is 1. The van der Waals surface area contributed by atoms with Gasteiger partial charge in [-0.05, 0) is 25.8 Å². The highest BCUT2D eigenvalue weighted by Gasteiger charge is 2.52. The van der Waals surface area contributed by atoms with Crippen molar-refractivity contribution in [2.75, 3.05) is 11.1 Å². The summed E-state index contributed by atoms with van der Waals surface area (Å²) in [6.07, 6.45) is 1.21. The van der Waals surface area contributed by atoms with Crippen LogP contribution >= 0.6 is 11.8 Å². The van der Waals surface area contributed by atoms with E-state index in [0.717, 1.165) is 12.0 Å². The summed E-state index contributed by atoms with van der Waals surface area (Å²) in [5, 5.41) is 13.6. The molecule has 2 unspecified atom stereocenters. The van der Waals surface area contributed by atoms with Crippen LogP contribution in [0.3, 0.4) is 0 Å². The number of nitrogens with zero attached hydrogens (tertiary/aromatic N) is 2. The Morgan fingerprint density at radius 2 is 2.26 bits per heavy atom. The lowest BCUT2D eigenvalue weighted by atomic mass is 10.1. The van der Waals surface area contributed by atoms with Crippen LogP contribution in [0.5, 0.6) is 0 Å². The van der Waals surface area contributed by atoms with E-state index in [1.165, 1.54) is 12.1 Å². The van der Waals surface area contributed by atoms with Gasteiger partial charge in [0.25, 0.3) is 5.69 Å². The van der Waals surface area contributed by atoms with Crippen molar-refractivity contribution in [3.05, 3.63) is 33.9 Å². The molecule has 2 atom stereocenters. The molecule has 8 heteroatoms. The molecule has 2 aliphatic heterocycles. The first-order chi connectivity index (χ1) is 10.8. The molecule has 1 aromatic rings. The molecule has 0 aliphatic carbocycles. The topological polar surface area (TPSA) is 92.5 Å². The number of anilines is 1. The molecule has 2 heterocycles. The summed E-state index contributed by atoms with van der Waals surface area (Å²) < 4.78 is 0. The van der Waals surface area contributed by atoms with Gasteiger partial charge < -0.3 is 10.2 Å². The van der Waals surface area contributed by atoms with Gasteiger partial charge in [0.1, 0.15) is 6.04 Å². The maximum atomic E-state index is 12.6. The molecule has 1 N–H and O–H groups in total. The fraction of sp³-hybridized carbons (Fsp3) is 0.467. The predicted molar refractivity (Wildman–Crippen MR) is 87.2 cm³/mol. The van der Waals surface area contributed by atoms with Gasteiger partial charge >= 0.3 is 0 Å². The van der Waals surface area contributed by atoms with E-state index in [4.69, 9.17) is 0 Å². The van der Waals surface area contributed by atoms with Crippen LogP contribution in [0.15, 0.2) is 18.2 Å². The van der Waals surface area contributed by atoms with E-state index in [1.807, 2.05) is 6.92 Å². The van der Waals surface area contributed by atoms with Crippen LogP contribution in [0.25, 0.3) is 0 Å². The van der Waals surface area contributed by atoms with E-state index in [1.54, 1.807) is 29.7 Å². The maximum absolute atomic E-state index is 12.6. The first kappa shape index (κ1) is 15.8. The third kappa shape index (κ3) is 2.67. The van der Waals surface area contributed by atoms with Gasteiger partial charge in [-0.25, -0.2) is 0 Å². The molecule has 0 spiro atoms. The molecule has 0 aromatic heterocycles. The van der Waals surface area contributed by atoms with Gasteiger partial charge in [-0.3, -0.25) is 19.7 Å². The van der Waals surface area contributed by atoms with Crippen LogP contribution in [-0.4, -0.2) is 38.3 Å². The van der Waals surface area contributed by atoms with E-state index < -0.39 is 11.0 Å². The van der Waals surface area contributed by atoms with E-state index in [0.29, 0.717) is 17.9 Å². The maximum Gasteiger partial charge on any atom is 0.271 e. The second-order valence-corrected chi connectivity index (χ2v) is 7.51. The third-order valence-electron chi connectivity index (χ3n) is 4.44. The van der Waals surface area contributed by atoms with Gasteiger partial charge in [-0.1, -0.05) is 6.07 Å². The zero-order valence-corrected chi connectivity index (χ0v) is 13.7. The lowest BCUT2D eigenvalue weighted by Crippen LogP contribution is -2.48. The van der Waals surface area contributed by atoms with Crippen molar-refractivity contribution in [2.24, 2.45) is 0 Å². The number of aryl methyl sites for hydroxylation is 1. The molecule has 2 aliphatic rings. The lowest BCUT2D eigenvalue weighted by molar-refractivity contribution is -0.384. The number of carbonyl (C=O) groups is 2. The molecule has 2 fully saturated rings. The molecule has 1 aromatic carbocycles. The second kappa shape index (κ2) is 5.52. The minimum Gasteiger partial charge on any atom is -0.324 e. The Hall–Kier alpha value is -2.09. The summed E-state index contributed by atoms with van der Waals surface area (Å²) in [5.74, 6) is 0.246. The zero-order valence-electron chi connectivity index (χ0n) is 12.9. The molecule has 0 saturated carbocycles. The Bertz CT molecular complexity index is 708. The average molecular weight is 335 g/mol. The van der Waals surface area contributed by atoms with Crippen LogP contribution < -0.4 is 5.32 Å². The van der Waals surface area contributed by atoms with Gasteiger partial charge in [0.15, 0.2) is 0 Å². The minimum absolute atomic E-state index is 0.00610. The molecular weight excluding hydrogens is 318 g/mol. The number of carbonyl (C=O) groups excluding carboxylic acids is 2. The molecule has 122 valence electrons. The monoisotopic (exact) mass is 335 g/mol. The van der Waals surface area contributed by atoms with Crippen molar-refractivity contribution in [1.29, 1.82) is 0 Å². The Labute approximate surface area is 137 Å². The summed E-state index contributed by atoms with van der Waals surface area (Å²) in [5.41, 5.74) is 1.08. The highest BCUT2D eigenvalue weighted by Crippen LogP contribution is 2.47. The van der Waals surface area contributed by atoms with Crippen LogP contribution in [0.2, 0.25) is 0 Å². The highest BCUT2D eigenvalue weighted by molar-refractivity contribution is 8.01. The van der Waals surface area contributed by atoms with E-state index in [9.17, 15) is 19.7 Å². The van der Waals surface area contributed by atoms with Crippen LogP contribution in [0.1, 0.15) is 25.3 Å². The fourth-order valence-corrected chi connectivity index (χ4v) is 4.52. The number of non-ortho nitro benzene ring substituents is 1. The number of rotatable bonds is 3. The van der Waals surface area contributed by atoms with Gasteiger partial charge in [-0.2, -0.15) is 0 Å². The number of amides is 2. The van der Waals surface area contributed by atoms with Gasteiger partial charge in [0.2, 0.25) is 11.8 Å². The Morgan fingerprint density at radius 1 is 1.52 bits per heavy atom. The zero-order chi connectivity index (χ0) is 16.8. The normalized spacial score (nSPS) is 26.3. The van der Waals surface area contributed by atoms with E-state index >= 15 is 0 Å².